The Labute approximate surface area is 166 Å². The van der Waals surface area contributed by atoms with E-state index in [4.69, 9.17) is 5.73 Å². The first-order valence-corrected chi connectivity index (χ1v) is 9.45. The highest BCUT2D eigenvalue weighted by Gasteiger charge is 2.29. The van der Waals surface area contributed by atoms with Crippen LogP contribution in [-0.2, 0) is 9.59 Å². The van der Waals surface area contributed by atoms with Crippen molar-refractivity contribution in [2.24, 2.45) is 11.7 Å². The second kappa shape index (κ2) is 10.0. The minimum Gasteiger partial charge on any atom is -0.381 e. The lowest BCUT2D eigenvalue weighted by Gasteiger charge is -2.24. The number of benzene rings is 2. The highest BCUT2D eigenvalue weighted by Crippen LogP contribution is 2.17. The lowest BCUT2D eigenvalue weighted by atomic mass is 9.99. The predicted molar refractivity (Wildman–Crippen MR) is 111 cm³/mol. The van der Waals surface area contributed by atoms with Gasteiger partial charge >= 0.3 is 0 Å². The lowest BCUT2D eigenvalue weighted by Crippen LogP contribution is -2.50. The Morgan fingerprint density at radius 1 is 1.00 bits per heavy atom. The first-order chi connectivity index (χ1) is 13.3. The van der Waals surface area contributed by atoms with Crippen LogP contribution in [-0.4, -0.2) is 29.1 Å². The van der Waals surface area contributed by atoms with Gasteiger partial charge in [-0.05, 0) is 36.5 Å². The number of hydrogen-bond donors (Lipinski definition) is 4. The normalized spacial score (nSPS) is 14.2. The van der Waals surface area contributed by atoms with Crippen molar-refractivity contribution < 1.29 is 14.7 Å². The molecule has 2 rings (SSSR count). The maximum atomic E-state index is 12.8. The van der Waals surface area contributed by atoms with Crippen LogP contribution in [0.15, 0.2) is 54.6 Å². The number of hydrogen-bond acceptors (Lipinski definition) is 4. The Morgan fingerprint density at radius 3 is 2.21 bits per heavy atom. The first-order valence-electron chi connectivity index (χ1n) is 9.45. The van der Waals surface area contributed by atoms with Crippen LogP contribution in [0.1, 0.15) is 37.4 Å². The monoisotopic (exact) mass is 383 g/mol. The molecule has 0 radical (unpaired) electrons. The minimum atomic E-state index is -1.46. The van der Waals surface area contributed by atoms with Gasteiger partial charge in [-0.1, -0.05) is 62.4 Å². The van der Waals surface area contributed by atoms with Gasteiger partial charge in [0.15, 0.2) is 6.10 Å². The molecule has 0 fully saturated rings. The second-order valence-electron chi connectivity index (χ2n) is 7.38. The van der Waals surface area contributed by atoms with E-state index in [0.717, 1.165) is 5.56 Å². The van der Waals surface area contributed by atoms with Gasteiger partial charge in [0.25, 0.3) is 5.91 Å². The molecule has 0 unspecified atom stereocenters. The number of nitrogens with one attached hydrogen (secondary N) is 2. The van der Waals surface area contributed by atoms with E-state index in [0.29, 0.717) is 17.7 Å². The maximum absolute atomic E-state index is 12.8. The molecular formula is C22H29N3O3. The van der Waals surface area contributed by atoms with E-state index in [9.17, 15) is 14.7 Å². The van der Waals surface area contributed by atoms with Crippen molar-refractivity contribution in [2.75, 3.05) is 5.32 Å². The highest BCUT2D eigenvalue weighted by molar-refractivity contribution is 5.98. The summed E-state index contributed by atoms with van der Waals surface area (Å²) in [7, 11) is 0. The Hall–Kier alpha value is -2.70. The molecule has 0 aliphatic heterocycles. The molecule has 6 heteroatoms. The molecule has 6 nitrogen and oxygen atoms in total. The molecule has 0 spiro atoms. The standard InChI is InChI=1S/C22H29N3O3/c1-14(2)13-18(21(27)24-17-12-8-7-9-15(17)3)25-22(28)20(26)19(23)16-10-5-4-6-11-16/h4-12,14,18-20,26H,13,23H2,1-3H3,(H,24,27)(H,25,28)/t18-,19-,20+/m0/s1. The predicted octanol–water partition coefficient (Wildman–Crippen LogP) is 2.53. The fraction of sp³-hybridized carbons (Fsp3) is 0.364. The number of nitrogens with two attached hydrogens (primary N) is 1. The third kappa shape index (κ3) is 5.90. The highest BCUT2D eigenvalue weighted by atomic mass is 16.3. The number of aliphatic hydroxyl groups excluding tert-OH is 1. The number of para-hydroxylation sites is 1. The summed E-state index contributed by atoms with van der Waals surface area (Å²) in [5, 5.41) is 15.9. The van der Waals surface area contributed by atoms with Gasteiger partial charge in [0.1, 0.15) is 6.04 Å². The van der Waals surface area contributed by atoms with Crippen LogP contribution in [0, 0.1) is 12.8 Å². The van der Waals surface area contributed by atoms with E-state index >= 15 is 0 Å². The zero-order chi connectivity index (χ0) is 20.7. The van der Waals surface area contributed by atoms with Crippen molar-refractivity contribution in [3.8, 4) is 0 Å². The van der Waals surface area contributed by atoms with E-state index in [-0.39, 0.29) is 11.8 Å². The molecule has 3 atom stereocenters. The van der Waals surface area contributed by atoms with E-state index in [1.807, 2.05) is 51.1 Å². The largest absolute Gasteiger partial charge is 0.381 e. The quantitative estimate of drug-likeness (QED) is 0.562. The van der Waals surface area contributed by atoms with Gasteiger partial charge < -0.3 is 21.5 Å². The summed E-state index contributed by atoms with van der Waals surface area (Å²) < 4.78 is 0. The van der Waals surface area contributed by atoms with Crippen molar-refractivity contribution in [1.29, 1.82) is 0 Å². The SMILES string of the molecule is Cc1ccccc1NC(=O)[C@H](CC(C)C)NC(=O)[C@H](O)[C@@H](N)c1ccccc1. The molecule has 0 saturated heterocycles. The van der Waals surface area contributed by atoms with Crippen molar-refractivity contribution in [2.45, 2.75) is 45.4 Å². The van der Waals surface area contributed by atoms with Crippen LogP contribution in [0.2, 0.25) is 0 Å². The zero-order valence-corrected chi connectivity index (χ0v) is 16.6. The topological polar surface area (TPSA) is 104 Å². The third-order valence-corrected chi connectivity index (χ3v) is 4.54. The van der Waals surface area contributed by atoms with Gasteiger partial charge in [-0.3, -0.25) is 9.59 Å². The Balaban J connectivity index is 2.09. The van der Waals surface area contributed by atoms with Crippen molar-refractivity contribution in [3.05, 3.63) is 65.7 Å². The Bertz CT molecular complexity index is 793. The lowest BCUT2D eigenvalue weighted by molar-refractivity contribution is -0.133. The van der Waals surface area contributed by atoms with Crippen LogP contribution < -0.4 is 16.4 Å². The number of carbonyl (C=O) groups excluding carboxylic acids is 2. The third-order valence-electron chi connectivity index (χ3n) is 4.54. The molecule has 0 aromatic heterocycles. The van der Waals surface area contributed by atoms with Crippen LogP contribution in [0.5, 0.6) is 0 Å². The van der Waals surface area contributed by atoms with Gasteiger partial charge in [0.2, 0.25) is 5.91 Å². The van der Waals surface area contributed by atoms with Crippen LogP contribution in [0.4, 0.5) is 5.69 Å². The number of aliphatic hydroxyl groups is 1. The molecule has 150 valence electrons. The molecule has 0 heterocycles. The minimum absolute atomic E-state index is 0.174. The van der Waals surface area contributed by atoms with Gasteiger partial charge in [-0.25, -0.2) is 0 Å². The molecule has 2 amide bonds. The number of aryl methyl sites for hydroxylation is 1. The number of anilines is 1. The number of rotatable bonds is 8. The average Bonchev–Trinajstić information content (AvgIpc) is 2.68. The van der Waals surface area contributed by atoms with Crippen LogP contribution in [0.3, 0.4) is 0 Å². The average molecular weight is 383 g/mol. The summed E-state index contributed by atoms with van der Waals surface area (Å²) in [6, 6.07) is 14.7. The van der Waals surface area contributed by atoms with Crippen LogP contribution in [0.25, 0.3) is 0 Å². The summed E-state index contributed by atoms with van der Waals surface area (Å²) >= 11 is 0. The fourth-order valence-corrected chi connectivity index (χ4v) is 2.91. The number of amides is 2. The summed E-state index contributed by atoms with van der Waals surface area (Å²) in [6.45, 7) is 5.83. The van der Waals surface area contributed by atoms with Crippen LogP contribution >= 0.6 is 0 Å². The van der Waals surface area contributed by atoms with Gasteiger partial charge in [-0.15, -0.1) is 0 Å². The van der Waals surface area contributed by atoms with Gasteiger partial charge in [-0.2, -0.15) is 0 Å². The zero-order valence-electron chi connectivity index (χ0n) is 16.6. The van der Waals surface area contributed by atoms with E-state index in [1.54, 1.807) is 24.3 Å². The molecule has 0 bridgehead atoms. The van der Waals surface area contributed by atoms with E-state index < -0.39 is 24.1 Å². The number of carbonyl (C=O) groups is 2. The summed E-state index contributed by atoms with van der Waals surface area (Å²) in [5.74, 6) is -0.813. The Morgan fingerprint density at radius 2 is 1.61 bits per heavy atom. The molecule has 2 aromatic carbocycles. The molecule has 0 aliphatic rings. The molecule has 0 saturated carbocycles. The summed E-state index contributed by atoms with van der Waals surface area (Å²) in [5.41, 5.74) is 8.29. The van der Waals surface area contributed by atoms with E-state index in [1.165, 1.54) is 0 Å². The maximum Gasteiger partial charge on any atom is 0.251 e. The first kappa shape index (κ1) is 21.6. The van der Waals surface area contributed by atoms with Crippen molar-refractivity contribution in [3.63, 3.8) is 0 Å². The molecule has 5 N–H and O–H groups in total. The second-order valence-corrected chi connectivity index (χ2v) is 7.38. The van der Waals surface area contributed by atoms with Crippen molar-refractivity contribution in [1.82, 2.24) is 5.32 Å². The molecular weight excluding hydrogens is 354 g/mol. The summed E-state index contributed by atoms with van der Waals surface area (Å²) in [6.07, 6.45) is -1.01. The van der Waals surface area contributed by atoms with Gasteiger partial charge in [0, 0.05) is 5.69 Å². The molecule has 2 aromatic rings. The van der Waals surface area contributed by atoms with E-state index in [2.05, 4.69) is 10.6 Å². The van der Waals surface area contributed by atoms with Crippen molar-refractivity contribution >= 4 is 17.5 Å². The Kier molecular flexibility index (Phi) is 7.72. The molecule has 0 aliphatic carbocycles. The smallest absolute Gasteiger partial charge is 0.251 e. The summed E-state index contributed by atoms with van der Waals surface area (Å²) in [4.78, 5) is 25.3. The van der Waals surface area contributed by atoms with Gasteiger partial charge in [0.05, 0.1) is 6.04 Å². The molecule has 28 heavy (non-hydrogen) atoms. The fourth-order valence-electron chi connectivity index (χ4n) is 2.91.